The van der Waals surface area contributed by atoms with Gasteiger partial charge in [0.15, 0.2) is 5.78 Å². The molecule has 0 bridgehead atoms. The molecule has 1 saturated heterocycles. The van der Waals surface area contributed by atoms with Crippen LogP contribution in [-0.4, -0.2) is 29.7 Å². The quantitative estimate of drug-likeness (QED) is 0.457. The average Bonchev–Trinajstić information content (AvgIpc) is 3.03. The van der Waals surface area contributed by atoms with Gasteiger partial charge in [-0.2, -0.15) is 0 Å². The van der Waals surface area contributed by atoms with Gasteiger partial charge >= 0.3 is 5.97 Å². The Hall–Kier alpha value is -1.91. The van der Waals surface area contributed by atoms with Crippen LogP contribution >= 0.6 is 0 Å². The van der Waals surface area contributed by atoms with Crippen molar-refractivity contribution in [1.82, 2.24) is 0 Å². The van der Waals surface area contributed by atoms with Gasteiger partial charge in [-0.25, -0.2) is 4.79 Å². The fourth-order valence-corrected chi connectivity index (χ4v) is 7.49. The highest BCUT2D eigenvalue weighted by Gasteiger charge is 2.66. The largest absolute Gasteiger partial charge is 0.491 e. The summed E-state index contributed by atoms with van der Waals surface area (Å²) in [5, 5.41) is 0. The fraction of sp³-hybridized carbons (Fsp3) is 0.708. The maximum absolute atomic E-state index is 12.7. The zero-order chi connectivity index (χ0) is 21.0. The van der Waals surface area contributed by atoms with E-state index in [0.717, 1.165) is 31.3 Å². The van der Waals surface area contributed by atoms with Crippen LogP contribution in [0.5, 0.6) is 0 Å². The first-order valence-electron chi connectivity index (χ1n) is 10.8. The van der Waals surface area contributed by atoms with E-state index in [2.05, 4.69) is 34.6 Å². The van der Waals surface area contributed by atoms with Crippen LogP contribution in [0.15, 0.2) is 23.0 Å². The summed E-state index contributed by atoms with van der Waals surface area (Å²) < 4.78 is 11.9. The maximum atomic E-state index is 12.7. The topological polar surface area (TPSA) is 69.7 Å². The second kappa shape index (κ2) is 5.41. The Morgan fingerprint density at radius 1 is 1.00 bits per heavy atom. The predicted octanol–water partition coefficient (Wildman–Crippen LogP) is 3.91. The number of hydrogen-bond acceptors (Lipinski definition) is 5. The molecular formula is C24H30O5. The van der Waals surface area contributed by atoms with Gasteiger partial charge in [-0.05, 0) is 56.4 Å². The van der Waals surface area contributed by atoms with Crippen LogP contribution in [-0.2, 0) is 23.9 Å². The summed E-state index contributed by atoms with van der Waals surface area (Å²) in [6.07, 6.45) is 5.65. The normalized spacial score (nSPS) is 45.4. The summed E-state index contributed by atoms with van der Waals surface area (Å²) in [5.74, 6) is 0.808. The van der Waals surface area contributed by atoms with Crippen molar-refractivity contribution in [3.63, 3.8) is 0 Å². The molecule has 0 spiro atoms. The molecule has 0 amide bonds. The minimum absolute atomic E-state index is 0.0232. The third-order valence-corrected chi connectivity index (χ3v) is 9.27. The van der Waals surface area contributed by atoms with Crippen LogP contribution in [0.25, 0.3) is 0 Å². The summed E-state index contributed by atoms with van der Waals surface area (Å²) in [5.41, 5.74) is -0.232. The van der Waals surface area contributed by atoms with Crippen molar-refractivity contribution < 1.29 is 23.9 Å². The van der Waals surface area contributed by atoms with Crippen molar-refractivity contribution in [1.29, 1.82) is 0 Å². The minimum atomic E-state index is -0.507. The molecule has 5 aliphatic rings. The first-order chi connectivity index (χ1) is 13.4. The van der Waals surface area contributed by atoms with Crippen molar-refractivity contribution in [2.75, 3.05) is 6.61 Å². The van der Waals surface area contributed by atoms with Gasteiger partial charge in [-0.15, -0.1) is 0 Å². The van der Waals surface area contributed by atoms with Gasteiger partial charge in [0.25, 0.3) is 0 Å². The highest BCUT2D eigenvalue weighted by atomic mass is 16.5. The number of hydrogen-bond donors (Lipinski definition) is 0. The highest BCUT2D eigenvalue weighted by molar-refractivity contribution is 6.24. The van der Waals surface area contributed by atoms with Crippen molar-refractivity contribution >= 4 is 17.5 Å². The molecule has 0 aromatic rings. The molecule has 0 N–H and O–H groups in total. The Bertz CT molecular complexity index is 924. The minimum Gasteiger partial charge on any atom is -0.491 e. The van der Waals surface area contributed by atoms with Crippen LogP contribution in [0, 0.1) is 28.1 Å². The number of carbonyl (C=O) groups is 3. The molecule has 156 valence electrons. The number of carbonyl (C=O) groups excluding carboxylic acids is 3. The van der Waals surface area contributed by atoms with E-state index in [0.29, 0.717) is 23.9 Å². The van der Waals surface area contributed by atoms with Gasteiger partial charge in [-0.1, -0.05) is 20.8 Å². The number of esters is 1. The number of rotatable bonds is 0. The van der Waals surface area contributed by atoms with E-state index in [4.69, 9.17) is 9.47 Å². The Balaban J connectivity index is 1.61. The maximum Gasteiger partial charge on any atom is 0.342 e. The molecule has 0 radical (unpaired) electrons. The molecule has 29 heavy (non-hydrogen) atoms. The molecule has 5 rings (SSSR count). The predicted molar refractivity (Wildman–Crippen MR) is 106 cm³/mol. The summed E-state index contributed by atoms with van der Waals surface area (Å²) in [6, 6.07) is 0. The SMILES string of the molecule is CC1(C)C(=O)CC[C@@]2(C)[C@H]1CC[C@]1(C)OC3=CC(=O)C4=C(COC4=O)[C@@]3(C)C[C@@H]21. The number of ketones is 2. The van der Waals surface area contributed by atoms with Crippen molar-refractivity contribution in [2.45, 2.75) is 72.3 Å². The Labute approximate surface area is 171 Å². The van der Waals surface area contributed by atoms with Gasteiger partial charge in [0.1, 0.15) is 29.3 Å². The lowest BCUT2D eigenvalue weighted by atomic mass is 9.43. The van der Waals surface area contributed by atoms with Gasteiger partial charge in [-0.3, -0.25) is 9.59 Å². The summed E-state index contributed by atoms with van der Waals surface area (Å²) in [4.78, 5) is 37.5. The molecule has 0 unspecified atom stereocenters. The summed E-state index contributed by atoms with van der Waals surface area (Å²) in [6.45, 7) is 11.0. The number of Topliss-reactive ketones (excluding diaryl/α,β-unsaturated/α-hetero) is 1. The molecular weight excluding hydrogens is 368 g/mol. The number of ether oxygens (including phenoxy) is 2. The fourth-order valence-electron chi connectivity index (χ4n) is 7.49. The average molecular weight is 398 g/mol. The summed E-state index contributed by atoms with van der Waals surface area (Å²) >= 11 is 0. The lowest BCUT2D eigenvalue weighted by molar-refractivity contribution is -0.210. The Morgan fingerprint density at radius 3 is 2.45 bits per heavy atom. The van der Waals surface area contributed by atoms with Crippen LogP contribution < -0.4 is 0 Å². The Kier molecular flexibility index (Phi) is 3.56. The van der Waals surface area contributed by atoms with Gasteiger partial charge in [0.05, 0.1) is 5.41 Å². The third-order valence-electron chi connectivity index (χ3n) is 9.27. The molecule has 2 aliphatic heterocycles. The van der Waals surface area contributed by atoms with E-state index in [1.807, 2.05) is 0 Å². The first kappa shape index (κ1) is 19.1. The molecule has 2 saturated carbocycles. The monoisotopic (exact) mass is 398 g/mol. The smallest absolute Gasteiger partial charge is 0.342 e. The lowest BCUT2D eigenvalue weighted by Gasteiger charge is -2.65. The molecule has 2 heterocycles. The molecule has 5 atom stereocenters. The van der Waals surface area contributed by atoms with E-state index >= 15 is 0 Å². The van der Waals surface area contributed by atoms with Crippen molar-refractivity contribution in [3.05, 3.63) is 23.0 Å². The first-order valence-corrected chi connectivity index (χ1v) is 10.8. The molecule has 3 fully saturated rings. The standard InChI is InChI=1S/C24H30O5/c1-21(2)15-6-9-24(5)16(22(15,3)8-7-17(21)26)11-23(4)13-12-28-20(27)19(13)14(25)10-18(23)29-24/h10,15-16H,6-9,11-12H2,1-5H3/t15-,16-,22-,23+,24-/m0/s1. The van der Waals surface area contributed by atoms with E-state index in [1.54, 1.807) is 0 Å². The molecule has 0 aromatic carbocycles. The zero-order valence-corrected chi connectivity index (χ0v) is 18.0. The molecule has 3 aliphatic carbocycles. The second-order valence-corrected chi connectivity index (χ2v) is 11.0. The molecule has 0 aromatic heterocycles. The molecule has 5 nitrogen and oxygen atoms in total. The van der Waals surface area contributed by atoms with Crippen molar-refractivity contribution in [3.8, 4) is 0 Å². The second-order valence-electron chi connectivity index (χ2n) is 11.0. The third kappa shape index (κ3) is 2.19. The number of fused-ring (bicyclic) bond motifs is 5. The van der Waals surface area contributed by atoms with E-state index in [9.17, 15) is 14.4 Å². The number of cyclic esters (lactones) is 1. The van der Waals surface area contributed by atoms with Gasteiger partial charge in [0, 0.05) is 23.8 Å². The van der Waals surface area contributed by atoms with Gasteiger partial charge in [0.2, 0.25) is 0 Å². The van der Waals surface area contributed by atoms with Crippen molar-refractivity contribution in [2.24, 2.45) is 28.1 Å². The van der Waals surface area contributed by atoms with Crippen LogP contribution in [0.1, 0.15) is 66.7 Å². The zero-order valence-electron chi connectivity index (χ0n) is 18.0. The number of allylic oxidation sites excluding steroid dienone is 2. The lowest BCUT2D eigenvalue weighted by Crippen LogP contribution is -2.63. The van der Waals surface area contributed by atoms with Crippen LogP contribution in [0.2, 0.25) is 0 Å². The summed E-state index contributed by atoms with van der Waals surface area (Å²) in [7, 11) is 0. The molecule has 5 heteroatoms. The van der Waals surface area contributed by atoms with E-state index in [-0.39, 0.29) is 40.3 Å². The van der Waals surface area contributed by atoms with Crippen LogP contribution in [0.3, 0.4) is 0 Å². The van der Waals surface area contributed by atoms with Crippen LogP contribution in [0.4, 0.5) is 0 Å². The van der Waals surface area contributed by atoms with E-state index < -0.39 is 11.4 Å². The Morgan fingerprint density at radius 2 is 1.72 bits per heavy atom. The van der Waals surface area contributed by atoms with Gasteiger partial charge < -0.3 is 9.47 Å². The van der Waals surface area contributed by atoms with E-state index in [1.165, 1.54) is 6.08 Å². The highest BCUT2D eigenvalue weighted by Crippen LogP contribution is 2.68.